The molecule has 4 aromatic carbocycles. The van der Waals surface area contributed by atoms with Crippen molar-refractivity contribution in [3.8, 4) is 16.9 Å². The van der Waals surface area contributed by atoms with Gasteiger partial charge in [0.1, 0.15) is 5.75 Å². The third-order valence-electron chi connectivity index (χ3n) is 6.98. The van der Waals surface area contributed by atoms with Crippen molar-refractivity contribution >= 4 is 11.4 Å². The van der Waals surface area contributed by atoms with Crippen LogP contribution in [0.2, 0.25) is 0 Å². The lowest BCUT2D eigenvalue weighted by atomic mass is 9.68. The summed E-state index contributed by atoms with van der Waals surface area (Å²) in [4.78, 5) is 5.35. The zero-order valence-electron chi connectivity index (χ0n) is 17.9. The Balaban J connectivity index is 1.82. The van der Waals surface area contributed by atoms with Crippen LogP contribution in [0.1, 0.15) is 33.4 Å². The molecule has 0 fully saturated rings. The Hall–Kier alpha value is -3.65. The van der Waals surface area contributed by atoms with E-state index in [-0.39, 0.29) is 0 Å². The highest BCUT2D eigenvalue weighted by molar-refractivity contribution is 6.20. The summed E-state index contributed by atoms with van der Waals surface area (Å²) >= 11 is 0. The number of rotatable bonds is 2. The summed E-state index contributed by atoms with van der Waals surface area (Å²) in [6, 6.07) is 30.3. The van der Waals surface area contributed by atoms with E-state index in [1.54, 1.807) is 7.11 Å². The molecule has 0 aromatic heterocycles. The molecule has 4 aromatic rings. The highest BCUT2D eigenvalue weighted by Crippen LogP contribution is 2.61. The van der Waals surface area contributed by atoms with Crippen LogP contribution < -0.4 is 4.74 Å². The van der Waals surface area contributed by atoms with Gasteiger partial charge in [0, 0.05) is 5.56 Å². The summed E-state index contributed by atoms with van der Waals surface area (Å²) in [5.41, 5.74) is 11.6. The smallest absolute Gasteiger partial charge is 0.127 e. The van der Waals surface area contributed by atoms with E-state index >= 15 is 0 Å². The molecular weight excluding hydrogens is 378 g/mol. The van der Waals surface area contributed by atoms with Crippen LogP contribution in [0.15, 0.2) is 89.9 Å². The summed E-state index contributed by atoms with van der Waals surface area (Å²) in [6.45, 7) is 4.35. The molecule has 150 valence electrons. The van der Waals surface area contributed by atoms with Gasteiger partial charge in [0.15, 0.2) is 0 Å². The minimum Gasteiger partial charge on any atom is -0.496 e. The monoisotopic (exact) mass is 401 g/mol. The van der Waals surface area contributed by atoms with Crippen LogP contribution in [0.4, 0.5) is 5.69 Å². The first-order chi connectivity index (χ1) is 15.2. The maximum absolute atomic E-state index is 5.85. The van der Waals surface area contributed by atoms with Crippen LogP contribution in [-0.2, 0) is 5.41 Å². The zero-order valence-corrected chi connectivity index (χ0v) is 17.9. The lowest BCUT2D eigenvalue weighted by Crippen LogP contribution is -2.34. The van der Waals surface area contributed by atoms with Crippen LogP contribution >= 0.6 is 0 Å². The third-order valence-corrected chi connectivity index (χ3v) is 6.98. The standard InChI is InChI=1S/C29H23NO/c1-18-16-17-24-27(19(18)2)30-28(20-10-5-4-6-11-20)29(24)22-13-8-7-12-21(22)26-23(29)14-9-15-25(26)31-3/h4-17H,1-3H3. The quantitative estimate of drug-likeness (QED) is 0.363. The summed E-state index contributed by atoms with van der Waals surface area (Å²) < 4.78 is 5.85. The molecule has 0 N–H and O–H groups in total. The average Bonchev–Trinajstić information content (AvgIpc) is 3.32. The molecule has 1 atom stereocenters. The zero-order chi connectivity index (χ0) is 21.2. The molecule has 0 saturated carbocycles. The van der Waals surface area contributed by atoms with Crippen molar-refractivity contribution in [3.63, 3.8) is 0 Å². The van der Waals surface area contributed by atoms with Gasteiger partial charge in [-0.05, 0) is 58.9 Å². The fourth-order valence-corrected chi connectivity index (χ4v) is 5.46. The second kappa shape index (κ2) is 6.42. The van der Waals surface area contributed by atoms with E-state index < -0.39 is 5.41 Å². The average molecular weight is 402 g/mol. The van der Waals surface area contributed by atoms with E-state index in [4.69, 9.17) is 9.73 Å². The van der Waals surface area contributed by atoms with E-state index in [1.165, 1.54) is 38.9 Å². The topological polar surface area (TPSA) is 21.6 Å². The van der Waals surface area contributed by atoms with E-state index in [9.17, 15) is 0 Å². The number of aliphatic imine (C=N–C) groups is 1. The van der Waals surface area contributed by atoms with Gasteiger partial charge in [0.2, 0.25) is 0 Å². The lowest BCUT2D eigenvalue weighted by Gasteiger charge is -2.31. The number of ether oxygens (including phenoxy) is 1. The van der Waals surface area contributed by atoms with Gasteiger partial charge in [0.25, 0.3) is 0 Å². The minimum absolute atomic E-state index is 0.449. The molecule has 1 unspecified atom stereocenters. The Morgan fingerprint density at radius 2 is 1.45 bits per heavy atom. The van der Waals surface area contributed by atoms with Crippen molar-refractivity contribution in [1.29, 1.82) is 0 Å². The van der Waals surface area contributed by atoms with E-state index in [2.05, 4.69) is 98.8 Å². The Bertz CT molecular complexity index is 1380. The highest BCUT2D eigenvalue weighted by Gasteiger charge is 2.53. The first-order valence-electron chi connectivity index (χ1n) is 10.7. The molecule has 2 heteroatoms. The Kier molecular flexibility index (Phi) is 3.76. The molecule has 1 heterocycles. The Morgan fingerprint density at radius 3 is 2.26 bits per heavy atom. The van der Waals surface area contributed by atoms with E-state index in [1.807, 2.05) is 0 Å². The van der Waals surface area contributed by atoms with Gasteiger partial charge in [-0.2, -0.15) is 0 Å². The predicted molar refractivity (Wildman–Crippen MR) is 127 cm³/mol. The number of methoxy groups -OCH3 is 1. The SMILES string of the molecule is COc1cccc2c1-c1ccccc1C21C(c2ccccc2)=Nc2c1ccc(C)c2C. The molecule has 1 spiro atoms. The van der Waals surface area contributed by atoms with E-state index in [0.29, 0.717) is 0 Å². The molecule has 0 radical (unpaired) electrons. The van der Waals surface area contributed by atoms with Crippen molar-refractivity contribution < 1.29 is 4.74 Å². The van der Waals surface area contributed by atoms with Gasteiger partial charge in [-0.3, -0.25) is 4.99 Å². The molecule has 0 bridgehead atoms. The number of hydrogen-bond acceptors (Lipinski definition) is 2. The van der Waals surface area contributed by atoms with Gasteiger partial charge in [-0.25, -0.2) is 0 Å². The predicted octanol–water partition coefficient (Wildman–Crippen LogP) is 6.76. The number of benzene rings is 4. The molecule has 0 saturated heterocycles. The van der Waals surface area contributed by atoms with Crippen LogP contribution in [0.3, 0.4) is 0 Å². The molecule has 1 aliphatic carbocycles. The number of fused-ring (bicyclic) bond motifs is 7. The summed E-state index contributed by atoms with van der Waals surface area (Å²) in [6.07, 6.45) is 0. The largest absolute Gasteiger partial charge is 0.496 e. The summed E-state index contributed by atoms with van der Waals surface area (Å²) in [5, 5.41) is 0. The van der Waals surface area contributed by atoms with Crippen LogP contribution in [0, 0.1) is 13.8 Å². The van der Waals surface area contributed by atoms with Gasteiger partial charge in [-0.1, -0.05) is 78.9 Å². The number of hydrogen-bond donors (Lipinski definition) is 0. The van der Waals surface area contributed by atoms with Gasteiger partial charge < -0.3 is 4.74 Å². The third kappa shape index (κ3) is 2.20. The molecule has 1 aliphatic heterocycles. The molecule has 0 amide bonds. The van der Waals surface area contributed by atoms with Crippen molar-refractivity contribution in [2.45, 2.75) is 19.3 Å². The fraction of sp³-hybridized carbons (Fsp3) is 0.138. The minimum atomic E-state index is -0.449. The van der Waals surface area contributed by atoms with Crippen LogP contribution in [0.5, 0.6) is 5.75 Å². The van der Waals surface area contributed by atoms with Crippen molar-refractivity contribution in [2.24, 2.45) is 4.99 Å². The van der Waals surface area contributed by atoms with Gasteiger partial charge in [-0.15, -0.1) is 0 Å². The molecule has 2 aliphatic rings. The number of aryl methyl sites for hydroxylation is 1. The number of nitrogens with zero attached hydrogens (tertiary/aromatic N) is 1. The van der Waals surface area contributed by atoms with Crippen LogP contribution in [0.25, 0.3) is 11.1 Å². The first kappa shape index (κ1) is 18.1. The van der Waals surface area contributed by atoms with Crippen molar-refractivity contribution in [3.05, 3.63) is 118 Å². The molecule has 31 heavy (non-hydrogen) atoms. The van der Waals surface area contributed by atoms with Crippen molar-refractivity contribution in [2.75, 3.05) is 7.11 Å². The van der Waals surface area contributed by atoms with Gasteiger partial charge in [0.05, 0.1) is 23.9 Å². The molecule has 6 rings (SSSR count). The maximum Gasteiger partial charge on any atom is 0.127 e. The first-order valence-corrected chi connectivity index (χ1v) is 10.7. The maximum atomic E-state index is 5.85. The Morgan fingerprint density at radius 1 is 0.710 bits per heavy atom. The fourth-order valence-electron chi connectivity index (χ4n) is 5.46. The normalized spacial score (nSPS) is 17.8. The summed E-state index contributed by atoms with van der Waals surface area (Å²) in [5.74, 6) is 0.909. The van der Waals surface area contributed by atoms with Crippen LogP contribution in [-0.4, -0.2) is 12.8 Å². The second-order valence-corrected chi connectivity index (χ2v) is 8.41. The van der Waals surface area contributed by atoms with E-state index in [0.717, 1.165) is 22.7 Å². The molecular formula is C29H23NO. The molecule has 2 nitrogen and oxygen atoms in total. The summed E-state index contributed by atoms with van der Waals surface area (Å²) in [7, 11) is 1.76. The Labute approximate surface area is 182 Å². The van der Waals surface area contributed by atoms with Gasteiger partial charge >= 0.3 is 0 Å². The second-order valence-electron chi connectivity index (χ2n) is 8.41. The lowest BCUT2D eigenvalue weighted by molar-refractivity contribution is 0.416. The van der Waals surface area contributed by atoms with Crippen molar-refractivity contribution in [1.82, 2.24) is 0 Å². The highest BCUT2D eigenvalue weighted by atomic mass is 16.5.